The van der Waals surface area contributed by atoms with Crippen LogP contribution in [0.15, 0.2) is 36.2 Å². The van der Waals surface area contributed by atoms with Crippen molar-refractivity contribution in [1.29, 1.82) is 0 Å². The van der Waals surface area contributed by atoms with Crippen LogP contribution >= 0.6 is 0 Å². The Bertz CT molecular complexity index is 761. The molecule has 0 heterocycles. The number of nitrogens with two attached hydrogens (primary N) is 1. The summed E-state index contributed by atoms with van der Waals surface area (Å²) in [5.74, 6) is 0.856. The molecule has 2 bridgehead atoms. The van der Waals surface area contributed by atoms with Crippen molar-refractivity contribution in [1.82, 2.24) is 5.32 Å². The van der Waals surface area contributed by atoms with Crippen LogP contribution in [0.1, 0.15) is 56.9 Å². The number of amides is 1. The molecule has 4 saturated carbocycles. The van der Waals surface area contributed by atoms with Crippen molar-refractivity contribution in [2.45, 2.75) is 62.3 Å². The van der Waals surface area contributed by atoms with E-state index in [4.69, 9.17) is 10.5 Å². The predicted octanol–water partition coefficient (Wildman–Crippen LogP) is 3.11. The van der Waals surface area contributed by atoms with Gasteiger partial charge in [-0.25, -0.2) is 4.39 Å². The number of hydrogen-bond acceptors (Lipinski definition) is 4. The number of aliphatic hydroxyl groups is 1. The van der Waals surface area contributed by atoms with Crippen molar-refractivity contribution in [3.8, 4) is 5.75 Å². The number of carbonyl (C=O) groups excluding carboxylic acids is 1. The van der Waals surface area contributed by atoms with Crippen molar-refractivity contribution in [2.75, 3.05) is 19.8 Å². The van der Waals surface area contributed by atoms with Gasteiger partial charge in [0.15, 0.2) is 0 Å². The minimum absolute atomic E-state index is 0.0427. The van der Waals surface area contributed by atoms with E-state index in [1.54, 1.807) is 0 Å². The Labute approximate surface area is 171 Å². The fraction of sp³-hybridized carbons (Fsp3) is 0.609. The maximum absolute atomic E-state index is 13.0. The number of rotatable bonds is 8. The highest BCUT2D eigenvalue weighted by molar-refractivity contribution is 5.84. The van der Waals surface area contributed by atoms with Crippen LogP contribution < -0.4 is 15.8 Å². The standard InChI is InChI=1S/C23H31FN2O3/c24-13-17(14-25)15-29-19-3-1-18(2-4-19)21-5-8-22(9-6-21,10-7-21)20(28)26-23(16-27)11-12-23/h1-4,13,27H,5-12,14-16,25H2,(H,26,28)/b17-13+. The van der Waals surface area contributed by atoms with Gasteiger partial charge >= 0.3 is 0 Å². The molecule has 1 amide bonds. The van der Waals surface area contributed by atoms with Crippen LogP contribution in [0.3, 0.4) is 0 Å². The lowest BCUT2D eigenvalue weighted by Crippen LogP contribution is -2.54. The Morgan fingerprint density at radius 2 is 1.72 bits per heavy atom. The Morgan fingerprint density at radius 1 is 1.10 bits per heavy atom. The van der Waals surface area contributed by atoms with Crippen LogP contribution in [0.4, 0.5) is 4.39 Å². The van der Waals surface area contributed by atoms with Crippen molar-refractivity contribution >= 4 is 5.91 Å². The lowest BCUT2D eigenvalue weighted by atomic mass is 9.51. The van der Waals surface area contributed by atoms with Crippen molar-refractivity contribution < 1.29 is 19.0 Å². The quantitative estimate of drug-likeness (QED) is 0.624. The minimum Gasteiger partial charge on any atom is -0.489 e. The van der Waals surface area contributed by atoms with Crippen molar-refractivity contribution in [2.24, 2.45) is 11.1 Å². The molecule has 158 valence electrons. The number of halogens is 1. The van der Waals surface area contributed by atoms with E-state index in [0.29, 0.717) is 17.7 Å². The van der Waals surface area contributed by atoms with Crippen molar-refractivity contribution in [3.63, 3.8) is 0 Å². The Kier molecular flexibility index (Phi) is 5.42. The monoisotopic (exact) mass is 402 g/mol. The molecule has 5 nitrogen and oxygen atoms in total. The summed E-state index contributed by atoms with van der Waals surface area (Å²) in [7, 11) is 0. The summed E-state index contributed by atoms with van der Waals surface area (Å²) < 4.78 is 18.2. The average molecular weight is 403 g/mol. The zero-order valence-corrected chi connectivity index (χ0v) is 16.9. The summed E-state index contributed by atoms with van der Waals surface area (Å²) in [6.07, 6.45) is 8.01. The van der Waals surface area contributed by atoms with Crippen LogP contribution in [0.2, 0.25) is 0 Å². The number of benzene rings is 1. The normalized spacial score (nSPS) is 30.1. The summed E-state index contributed by atoms with van der Waals surface area (Å²) >= 11 is 0. The number of nitrogens with one attached hydrogen (secondary N) is 1. The van der Waals surface area contributed by atoms with Crippen LogP contribution in [0.25, 0.3) is 0 Å². The van der Waals surface area contributed by atoms with Crippen LogP contribution in [-0.2, 0) is 10.2 Å². The Balaban J connectivity index is 1.38. The molecule has 0 unspecified atom stereocenters. The highest BCUT2D eigenvalue weighted by atomic mass is 19.1. The zero-order valence-electron chi connectivity index (χ0n) is 16.9. The molecule has 4 fully saturated rings. The van der Waals surface area contributed by atoms with E-state index in [9.17, 15) is 14.3 Å². The largest absolute Gasteiger partial charge is 0.489 e. The van der Waals surface area contributed by atoms with E-state index in [1.165, 1.54) is 5.56 Å². The molecule has 29 heavy (non-hydrogen) atoms. The topological polar surface area (TPSA) is 84.6 Å². The Morgan fingerprint density at radius 3 is 2.21 bits per heavy atom. The first-order valence-corrected chi connectivity index (χ1v) is 10.6. The number of ether oxygens (including phenoxy) is 1. The van der Waals surface area contributed by atoms with Gasteiger partial charge in [-0.15, -0.1) is 0 Å². The van der Waals surface area contributed by atoms with Crippen molar-refractivity contribution in [3.05, 3.63) is 41.7 Å². The van der Waals surface area contributed by atoms with Gasteiger partial charge in [0.05, 0.1) is 18.5 Å². The van der Waals surface area contributed by atoms with Gasteiger partial charge in [-0.1, -0.05) is 12.1 Å². The molecule has 4 aliphatic carbocycles. The SMILES string of the molecule is NC/C(=C\F)COc1ccc(C23CCC(C(=O)NC4(CO)CC4)(CC2)CC3)cc1. The number of hydrogen-bond donors (Lipinski definition) is 3. The third-order valence-electron chi connectivity index (χ3n) is 7.57. The van der Waals surface area contributed by atoms with Crippen LogP contribution in [-0.4, -0.2) is 36.3 Å². The molecule has 0 spiro atoms. The van der Waals surface area contributed by atoms with E-state index < -0.39 is 0 Å². The minimum atomic E-state index is -0.339. The molecule has 0 aromatic heterocycles. The van der Waals surface area contributed by atoms with Gasteiger partial charge in [0, 0.05) is 17.5 Å². The molecule has 4 aliphatic rings. The van der Waals surface area contributed by atoms with Gasteiger partial charge in [0.1, 0.15) is 12.4 Å². The molecular formula is C23H31FN2O3. The average Bonchev–Trinajstić information content (AvgIpc) is 3.56. The van der Waals surface area contributed by atoms with E-state index in [-0.39, 0.29) is 42.0 Å². The summed E-state index contributed by atoms with van der Waals surface area (Å²) in [6, 6.07) is 8.11. The fourth-order valence-electron chi connectivity index (χ4n) is 5.02. The molecule has 0 atom stereocenters. The van der Waals surface area contributed by atoms with E-state index in [0.717, 1.165) is 51.4 Å². The number of aliphatic hydroxyl groups excluding tert-OH is 1. The summed E-state index contributed by atoms with van der Waals surface area (Å²) in [5, 5.41) is 12.7. The van der Waals surface area contributed by atoms with E-state index in [2.05, 4.69) is 17.4 Å². The lowest BCUT2D eigenvalue weighted by molar-refractivity contribution is -0.139. The lowest BCUT2D eigenvalue weighted by Gasteiger charge is -2.53. The number of fused-ring (bicyclic) bond motifs is 3. The van der Waals surface area contributed by atoms with Gasteiger partial charge in [-0.2, -0.15) is 0 Å². The molecule has 0 radical (unpaired) electrons. The maximum Gasteiger partial charge on any atom is 0.226 e. The second kappa shape index (κ2) is 7.73. The molecule has 6 heteroatoms. The molecule has 0 aliphatic heterocycles. The van der Waals surface area contributed by atoms with Crippen LogP contribution in [0, 0.1) is 5.41 Å². The van der Waals surface area contributed by atoms with Gasteiger partial charge < -0.3 is 20.9 Å². The molecule has 0 saturated heterocycles. The third-order valence-corrected chi connectivity index (χ3v) is 7.57. The first-order chi connectivity index (χ1) is 14.0. The van der Waals surface area contributed by atoms with Crippen LogP contribution in [0.5, 0.6) is 5.75 Å². The summed E-state index contributed by atoms with van der Waals surface area (Å²) in [5.41, 5.74) is 6.72. The molecule has 1 aromatic rings. The first-order valence-electron chi connectivity index (χ1n) is 10.6. The fourth-order valence-corrected chi connectivity index (χ4v) is 5.02. The van der Waals surface area contributed by atoms with Gasteiger partial charge in [0.2, 0.25) is 5.91 Å². The van der Waals surface area contributed by atoms with Gasteiger partial charge in [0.25, 0.3) is 0 Å². The highest BCUT2D eigenvalue weighted by Crippen LogP contribution is 2.58. The molecule has 1 aromatic carbocycles. The predicted molar refractivity (Wildman–Crippen MR) is 109 cm³/mol. The Hall–Kier alpha value is -1.92. The summed E-state index contributed by atoms with van der Waals surface area (Å²) in [4.78, 5) is 13.0. The first kappa shape index (κ1) is 20.4. The third kappa shape index (κ3) is 3.80. The maximum atomic E-state index is 13.0. The van der Waals surface area contributed by atoms with E-state index in [1.807, 2.05) is 12.1 Å². The van der Waals surface area contributed by atoms with Gasteiger partial charge in [-0.05, 0) is 74.5 Å². The summed E-state index contributed by atoms with van der Waals surface area (Å²) in [6.45, 7) is 0.345. The van der Waals surface area contributed by atoms with E-state index >= 15 is 0 Å². The second-order valence-electron chi connectivity index (χ2n) is 9.24. The smallest absolute Gasteiger partial charge is 0.226 e. The number of carbonyl (C=O) groups is 1. The second-order valence-corrected chi connectivity index (χ2v) is 9.24. The molecular weight excluding hydrogens is 371 g/mol. The highest BCUT2D eigenvalue weighted by Gasteiger charge is 2.55. The molecule has 5 rings (SSSR count). The zero-order chi connectivity index (χ0) is 20.5. The van der Waals surface area contributed by atoms with Gasteiger partial charge in [-0.3, -0.25) is 4.79 Å². The molecule has 4 N–H and O–H groups in total.